The maximum atomic E-state index is 12.8. The quantitative estimate of drug-likeness (QED) is 0.525. The van der Waals surface area contributed by atoms with E-state index in [4.69, 9.17) is 11.5 Å². The van der Waals surface area contributed by atoms with Crippen LogP contribution in [-0.2, 0) is 12.6 Å². The van der Waals surface area contributed by atoms with E-state index in [1.54, 1.807) is 24.3 Å². The molecule has 0 fully saturated rings. The van der Waals surface area contributed by atoms with Crippen LogP contribution in [0.1, 0.15) is 33.2 Å². The Hall–Kier alpha value is -3.23. The van der Waals surface area contributed by atoms with Crippen molar-refractivity contribution in [3.05, 3.63) is 107 Å². The molecule has 1 amide bonds. The number of aliphatic hydroxyl groups excluding tert-OH is 1. The molecule has 3 aromatic carbocycles. The van der Waals surface area contributed by atoms with Crippen LogP contribution in [0.5, 0.6) is 0 Å². The van der Waals surface area contributed by atoms with Gasteiger partial charge in [0.25, 0.3) is 0 Å². The van der Waals surface area contributed by atoms with Crippen molar-refractivity contribution < 1.29 is 27.5 Å². The minimum atomic E-state index is -4.38. The summed E-state index contributed by atoms with van der Waals surface area (Å²) in [6.07, 6.45) is -5.20. The average molecular weight is 434 g/mol. The maximum Gasteiger partial charge on any atom is 0.416 e. The lowest BCUT2D eigenvalue weighted by atomic mass is 9.96. The Morgan fingerprint density at radius 3 is 1.90 bits per heavy atom. The largest absolute Gasteiger partial charge is 0.416 e. The third-order valence-corrected chi connectivity index (χ3v) is 4.43. The Morgan fingerprint density at radius 2 is 1.45 bits per heavy atom. The molecule has 0 saturated heterocycles. The standard InChI is InChI=1S/C16H15F4NO.C7H7NO/c17-13-7-3-11(4-8-13)15(22)14(21)9-10-1-5-12(6-2-10)16(18,19)20;8-7(9)6-4-2-1-3-5-6/h1-8,14-15,22H,9,21H2;1-5H,(H2,8,9). The zero-order valence-electron chi connectivity index (χ0n) is 16.4. The molecule has 31 heavy (non-hydrogen) atoms. The van der Waals surface area contributed by atoms with E-state index < -0.39 is 29.7 Å². The summed E-state index contributed by atoms with van der Waals surface area (Å²) >= 11 is 0. The van der Waals surface area contributed by atoms with E-state index in [1.807, 2.05) is 6.07 Å². The highest BCUT2D eigenvalue weighted by molar-refractivity contribution is 5.92. The number of halogens is 4. The van der Waals surface area contributed by atoms with Crippen molar-refractivity contribution in [3.8, 4) is 0 Å². The van der Waals surface area contributed by atoms with Crippen LogP contribution < -0.4 is 11.5 Å². The van der Waals surface area contributed by atoms with Crippen LogP contribution in [-0.4, -0.2) is 17.1 Å². The van der Waals surface area contributed by atoms with Gasteiger partial charge in [0.05, 0.1) is 11.7 Å². The van der Waals surface area contributed by atoms with Gasteiger partial charge in [-0.3, -0.25) is 4.79 Å². The van der Waals surface area contributed by atoms with Gasteiger partial charge in [0, 0.05) is 11.6 Å². The SMILES string of the molecule is NC(=O)c1ccccc1.NC(Cc1ccc(C(F)(F)F)cc1)C(O)c1ccc(F)cc1. The van der Waals surface area contributed by atoms with E-state index in [2.05, 4.69) is 0 Å². The van der Waals surface area contributed by atoms with Gasteiger partial charge in [0.1, 0.15) is 5.82 Å². The second-order valence-electron chi connectivity index (χ2n) is 6.79. The van der Waals surface area contributed by atoms with E-state index >= 15 is 0 Å². The van der Waals surface area contributed by atoms with Crippen molar-refractivity contribution >= 4 is 5.91 Å². The number of rotatable bonds is 5. The summed E-state index contributed by atoms with van der Waals surface area (Å²) in [6.45, 7) is 0. The Morgan fingerprint density at radius 1 is 0.903 bits per heavy atom. The first-order valence-electron chi connectivity index (χ1n) is 9.28. The predicted octanol–water partition coefficient (Wildman–Crippen LogP) is 4.23. The Balaban J connectivity index is 0.000000316. The lowest BCUT2D eigenvalue weighted by Crippen LogP contribution is -2.30. The minimum Gasteiger partial charge on any atom is -0.387 e. The molecule has 5 N–H and O–H groups in total. The van der Waals surface area contributed by atoms with Crippen LogP contribution in [0.2, 0.25) is 0 Å². The fourth-order valence-corrected chi connectivity index (χ4v) is 2.72. The lowest BCUT2D eigenvalue weighted by Gasteiger charge is -2.19. The molecule has 3 rings (SSSR count). The summed E-state index contributed by atoms with van der Waals surface area (Å²) in [5, 5.41) is 10.1. The summed E-state index contributed by atoms with van der Waals surface area (Å²) in [5.74, 6) is -0.803. The molecule has 0 aliphatic heterocycles. The highest BCUT2D eigenvalue weighted by Gasteiger charge is 2.30. The molecule has 0 bridgehead atoms. The van der Waals surface area contributed by atoms with Crippen molar-refractivity contribution in [2.75, 3.05) is 0 Å². The van der Waals surface area contributed by atoms with Gasteiger partial charge >= 0.3 is 6.18 Å². The third-order valence-electron chi connectivity index (χ3n) is 4.43. The van der Waals surface area contributed by atoms with Gasteiger partial charge in [0.15, 0.2) is 0 Å². The third kappa shape index (κ3) is 7.51. The molecule has 0 saturated carbocycles. The maximum absolute atomic E-state index is 12.8. The highest BCUT2D eigenvalue weighted by atomic mass is 19.4. The summed E-state index contributed by atoms with van der Waals surface area (Å²) < 4.78 is 50.2. The fourth-order valence-electron chi connectivity index (χ4n) is 2.72. The summed E-state index contributed by atoms with van der Waals surface area (Å²) in [6, 6.07) is 17.9. The first-order chi connectivity index (χ1) is 14.6. The number of alkyl halides is 3. The molecule has 2 unspecified atom stereocenters. The van der Waals surface area contributed by atoms with Crippen molar-refractivity contribution in [1.29, 1.82) is 0 Å². The molecule has 0 aromatic heterocycles. The van der Waals surface area contributed by atoms with Gasteiger partial charge in [-0.2, -0.15) is 13.2 Å². The molecular formula is C23H22F4N2O2. The molecular weight excluding hydrogens is 412 g/mol. The van der Waals surface area contributed by atoms with E-state index in [0.717, 1.165) is 12.1 Å². The van der Waals surface area contributed by atoms with E-state index in [1.165, 1.54) is 36.4 Å². The lowest BCUT2D eigenvalue weighted by molar-refractivity contribution is -0.137. The van der Waals surface area contributed by atoms with Crippen LogP contribution in [0.15, 0.2) is 78.9 Å². The second-order valence-corrected chi connectivity index (χ2v) is 6.79. The van der Waals surface area contributed by atoms with Gasteiger partial charge in [0.2, 0.25) is 5.91 Å². The molecule has 2 atom stereocenters. The van der Waals surface area contributed by atoms with Gasteiger partial charge < -0.3 is 16.6 Å². The topological polar surface area (TPSA) is 89.3 Å². The Bertz CT molecular complexity index is 960. The number of hydrogen-bond donors (Lipinski definition) is 3. The number of carbonyl (C=O) groups is 1. The van der Waals surface area contributed by atoms with Crippen molar-refractivity contribution in [3.63, 3.8) is 0 Å². The first-order valence-corrected chi connectivity index (χ1v) is 9.28. The van der Waals surface area contributed by atoms with Crippen molar-refractivity contribution in [2.45, 2.75) is 24.7 Å². The predicted molar refractivity (Wildman–Crippen MR) is 109 cm³/mol. The molecule has 0 spiro atoms. The van der Waals surface area contributed by atoms with Crippen LogP contribution in [0, 0.1) is 5.82 Å². The molecule has 8 heteroatoms. The Labute approximate surface area is 177 Å². The smallest absolute Gasteiger partial charge is 0.387 e. The Kier molecular flexibility index (Phi) is 8.30. The summed E-state index contributed by atoms with van der Waals surface area (Å²) in [4.78, 5) is 10.4. The number of benzene rings is 3. The molecule has 4 nitrogen and oxygen atoms in total. The monoisotopic (exact) mass is 434 g/mol. The number of hydrogen-bond acceptors (Lipinski definition) is 3. The first kappa shape index (κ1) is 24.0. The van der Waals surface area contributed by atoms with Gasteiger partial charge in [-0.25, -0.2) is 4.39 Å². The summed E-state index contributed by atoms with van der Waals surface area (Å²) in [7, 11) is 0. The van der Waals surface area contributed by atoms with E-state index in [0.29, 0.717) is 16.7 Å². The van der Waals surface area contributed by atoms with Crippen LogP contribution in [0.4, 0.5) is 17.6 Å². The van der Waals surface area contributed by atoms with E-state index in [9.17, 15) is 27.5 Å². The zero-order valence-corrected chi connectivity index (χ0v) is 16.4. The number of amides is 1. The number of primary amides is 1. The summed E-state index contributed by atoms with van der Waals surface area (Å²) in [5.41, 5.74) is 11.7. The van der Waals surface area contributed by atoms with Crippen molar-refractivity contribution in [1.82, 2.24) is 0 Å². The molecule has 0 aliphatic carbocycles. The average Bonchev–Trinajstić information content (AvgIpc) is 2.74. The van der Waals surface area contributed by atoms with Crippen LogP contribution in [0.3, 0.4) is 0 Å². The van der Waals surface area contributed by atoms with E-state index in [-0.39, 0.29) is 12.3 Å². The fraction of sp³-hybridized carbons (Fsp3) is 0.174. The van der Waals surface area contributed by atoms with Crippen LogP contribution >= 0.6 is 0 Å². The molecule has 164 valence electrons. The van der Waals surface area contributed by atoms with Gasteiger partial charge in [-0.1, -0.05) is 42.5 Å². The molecule has 0 radical (unpaired) electrons. The highest BCUT2D eigenvalue weighted by Crippen LogP contribution is 2.29. The van der Waals surface area contributed by atoms with Crippen molar-refractivity contribution in [2.24, 2.45) is 11.5 Å². The normalized spacial score (nSPS) is 13.0. The minimum absolute atomic E-state index is 0.205. The van der Waals surface area contributed by atoms with Gasteiger partial charge in [-0.05, 0) is 53.9 Å². The number of aliphatic hydroxyl groups is 1. The molecule has 0 heterocycles. The zero-order chi connectivity index (χ0) is 23.0. The molecule has 3 aromatic rings. The van der Waals surface area contributed by atoms with Crippen LogP contribution in [0.25, 0.3) is 0 Å². The number of carbonyl (C=O) groups excluding carboxylic acids is 1. The number of nitrogens with two attached hydrogens (primary N) is 2. The van der Waals surface area contributed by atoms with Gasteiger partial charge in [-0.15, -0.1) is 0 Å². The second kappa shape index (κ2) is 10.7. The molecule has 0 aliphatic rings.